The van der Waals surface area contributed by atoms with Crippen LogP contribution < -0.4 is 14.8 Å². The molecule has 162 valence electrons. The molecule has 0 spiro atoms. The van der Waals surface area contributed by atoms with Gasteiger partial charge in [-0.05, 0) is 55.3 Å². The lowest BCUT2D eigenvalue weighted by Crippen LogP contribution is -2.21. The van der Waals surface area contributed by atoms with Crippen LogP contribution in [0, 0.1) is 5.92 Å². The number of hydrogen-bond acceptors (Lipinski definition) is 7. The van der Waals surface area contributed by atoms with Crippen molar-refractivity contribution < 1.29 is 28.6 Å². The van der Waals surface area contributed by atoms with Crippen molar-refractivity contribution in [1.29, 1.82) is 0 Å². The minimum absolute atomic E-state index is 0.0982. The lowest BCUT2D eigenvalue weighted by atomic mass is 10.0. The van der Waals surface area contributed by atoms with Crippen molar-refractivity contribution in [1.82, 2.24) is 0 Å². The molecule has 30 heavy (non-hydrogen) atoms. The summed E-state index contributed by atoms with van der Waals surface area (Å²) in [4.78, 5) is 36.4. The number of ether oxygens (including phenoxy) is 3. The normalized spacial score (nSPS) is 10.6. The number of methoxy groups -OCH3 is 1. The fourth-order valence-electron chi connectivity index (χ4n) is 2.81. The maximum absolute atomic E-state index is 12.4. The molecule has 2 rings (SSSR count). The molecular weight excluding hydrogens is 406 g/mol. The molecule has 1 aromatic carbocycles. The predicted octanol–water partition coefficient (Wildman–Crippen LogP) is 4.35. The van der Waals surface area contributed by atoms with Crippen LogP contribution in [-0.4, -0.2) is 38.0 Å². The number of ketones is 1. The molecule has 2 aromatic rings. The van der Waals surface area contributed by atoms with Crippen LogP contribution in [0.5, 0.6) is 11.5 Å². The summed E-state index contributed by atoms with van der Waals surface area (Å²) < 4.78 is 16.0. The Balaban J connectivity index is 2.12. The molecular formula is C22H27NO6S. The summed E-state index contributed by atoms with van der Waals surface area (Å²) in [6, 6.07) is 4.75. The van der Waals surface area contributed by atoms with Gasteiger partial charge in [-0.1, -0.05) is 13.8 Å². The van der Waals surface area contributed by atoms with Crippen LogP contribution in [0.4, 0.5) is 5.00 Å². The second kappa shape index (κ2) is 10.8. The Morgan fingerprint density at radius 2 is 1.90 bits per heavy atom. The molecule has 1 N–H and O–H groups in total. The van der Waals surface area contributed by atoms with E-state index < -0.39 is 11.9 Å². The second-order valence-corrected chi connectivity index (χ2v) is 7.92. The van der Waals surface area contributed by atoms with Gasteiger partial charge in [0.15, 0.2) is 23.9 Å². The number of carbonyl (C=O) groups excluding carboxylic acids is 3. The number of amides is 1. The van der Waals surface area contributed by atoms with E-state index in [-0.39, 0.29) is 19.0 Å². The van der Waals surface area contributed by atoms with E-state index in [4.69, 9.17) is 14.2 Å². The van der Waals surface area contributed by atoms with Crippen molar-refractivity contribution in [2.75, 3.05) is 25.6 Å². The van der Waals surface area contributed by atoms with Crippen LogP contribution in [0.1, 0.15) is 54.0 Å². The van der Waals surface area contributed by atoms with Crippen LogP contribution in [-0.2, 0) is 16.0 Å². The molecule has 0 saturated carbocycles. The molecule has 0 aliphatic carbocycles. The fourth-order valence-corrected chi connectivity index (χ4v) is 3.79. The molecule has 0 aliphatic heterocycles. The molecule has 1 amide bonds. The summed E-state index contributed by atoms with van der Waals surface area (Å²) in [5, 5.41) is 5.05. The Morgan fingerprint density at radius 1 is 1.17 bits per heavy atom. The standard InChI is InChI=1S/C22H27NO6S/c1-6-28-22(26)20-16(9-13(2)3)12-30-21(20)23-19(25)11-29-17-8-7-15(14(4)24)10-18(17)27-5/h7-8,10,12-13H,6,9,11H2,1-5H3,(H,23,25). The molecule has 7 nitrogen and oxygen atoms in total. The van der Waals surface area contributed by atoms with Gasteiger partial charge in [-0.15, -0.1) is 11.3 Å². The lowest BCUT2D eigenvalue weighted by Gasteiger charge is -2.12. The SMILES string of the molecule is CCOC(=O)c1c(CC(C)C)csc1NC(=O)COc1ccc(C(C)=O)cc1OC. The number of benzene rings is 1. The van der Waals surface area contributed by atoms with Crippen molar-refractivity contribution in [3.8, 4) is 11.5 Å². The number of esters is 1. The zero-order valence-electron chi connectivity index (χ0n) is 17.9. The van der Waals surface area contributed by atoms with Gasteiger partial charge in [0.25, 0.3) is 5.91 Å². The van der Waals surface area contributed by atoms with Gasteiger partial charge < -0.3 is 19.5 Å². The molecule has 1 heterocycles. The Labute approximate surface area is 180 Å². The maximum Gasteiger partial charge on any atom is 0.341 e. The van der Waals surface area contributed by atoms with Crippen molar-refractivity contribution in [3.05, 3.63) is 40.3 Å². The molecule has 0 bridgehead atoms. The monoisotopic (exact) mass is 433 g/mol. The topological polar surface area (TPSA) is 90.9 Å². The first kappa shape index (κ1) is 23.4. The van der Waals surface area contributed by atoms with E-state index in [1.165, 1.54) is 25.4 Å². The van der Waals surface area contributed by atoms with Crippen LogP contribution in [0.25, 0.3) is 0 Å². The van der Waals surface area contributed by atoms with E-state index in [0.29, 0.717) is 40.0 Å². The van der Waals surface area contributed by atoms with Gasteiger partial charge in [0, 0.05) is 5.56 Å². The zero-order valence-corrected chi connectivity index (χ0v) is 18.7. The summed E-state index contributed by atoms with van der Waals surface area (Å²) in [5.41, 5.74) is 1.73. The smallest absolute Gasteiger partial charge is 0.341 e. The highest BCUT2D eigenvalue weighted by Gasteiger charge is 2.22. The summed E-state index contributed by atoms with van der Waals surface area (Å²) in [6.45, 7) is 7.28. The Morgan fingerprint density at radius 3 is 2.50 bits per heavy atom. The quantitative estimate of drug-likeness (QED) is 0.442. The van der Waals surface area contributed by atoms with Gasteiger partial charge in [-0.25, -0.2) is 4.79 Å². The van der Waals surface area contributed by atoms with E-state index in [1.807, 2.05) is 5.38 Å². The van der Waals surface area contributed by atoms with Crippen LogP contribution >= 0.6 is 11.3 Å². The highest BCUT2D eigenvalue weighted by atomic mass is 32.1. The van der Waals surface area contributed by atoms with Crippen LogP contribution in [0.3, 0.4) is 0 Å². The van der Waals surface area contributed by atoms with Crippen molar-refractivity contribution >= 4 is 34.0 Å². The molecule has 0 atom stereocenters. The highest BCUT2D eigenvalue weighted by Crippen LogP contribution is 2.31. The maximum atomic E-state index is 12.4. The first-order valence-corrected chi connectivity index (χ1v) is 10.5. The van der Waals surface area contributed by atoms with Crippen LogP contribution in [0.2, 0.25) is 0 Å². The number of hydrogen-bond donors (Lipinski definition) is 1. The molecule has 0 saturated heterocycles. The van der Waals surface area contributed by atoms with E-state index in [9.17, 15) is 14.4 Å². The molecule has 0 fully saturated rings. The fraction of sp³-hybridized carbons (Fsp3) is 0.409. The van der Waals surface area contributed by atoms with Gasteiger partial charge in [-0.3, -0.25) is 9.59 Å². The first-order valence-electron chi connectivity index (χ1n) is 9.65. The van der Waals surface area contributed by atoms with Crippen molar-refractivity contribution in [2.24, 2.45) is 5.92 Å². The van der Waals surface area contributed by atoms with E-state index in [1.54, 1.807) is 25.1 Å². The summed E-state index contributed by atoms with van der Waals surface area (Å²) in [6.07, 6.45) is 0.705. The molecule has 0 unspecified atom stereocenters. The van der Waals surface area contributed by atoms with Gasteiger partial charge >= 0.3 is 5.97 Å². The minimum atomic E-state index is -0.452. The number of rotatable bonds is 10. The third-order valence-electron chi connectivity index (χ3n) is 4.16. The summed E-state index contributed by atoms with van der Waals surface area (Å²) in [5.74, 6) is 0.0837. The number of thiophene rings is 1. The molecule has 1 aromatic heterocycles. The van der Waals surface area contributed by atoms with E-state index >= 15 is 0 Å². The Hall–Kier alpha value is -2.87. The second-order valence-electron chi connectivity index (χ2n) is 7.04. The van der Waals surface area contributed by atoms with Gasteiger partial charge in [0.05, 0.1) is 19.3 Å². The summed E-state index contributed by atoms with van der Waals surface area (Å²) in [7, 11) is 1.46. The lowest BCUT2D eigenvalue weighted by molar-refractivity contribution is -0.118. The average molecular weight is 434 g/mol. The molecule has 8 heteroatoms. The summed E-state index contributed by atoms with van der Waals surface area (Å²) >= 11 is 1.28. The molecule has 0 aliphatic rings. The van der Waals surface area contributed by atoms with Gasteiger partial charge in [0.2, 0.25) is 0 Å². The largest absolute Gasteiger partial charge is 0.493 e. The third-order valence-corrected chi connectivity index (χ3v) is 5.10. The number of anilines is 1. The minimum Gasteiger partial charge on any atom is -0.493 e. The number of nitrogens with one attached hydrogen (secondary N) is 1. The molecule has 0 radical (unpaired) electrons. The van der Waals surface area contributed by atoms with E-state index in [0.717, 1.165) is 5.56 Å². The van der Waals surface area contributed by atoms with E-state index in [2.05, 4.69) is 19.2 Å². The van der Waals surface area contributed by atoms with Crippen LogP contribution in [0.15, 0.2) is 23.6 Å². The number of carbonyl (C=O) groups is 3. The van der Waals surface area contributed by atoms with Crippen molar-refractivity contribution in [2.45, 2.75) is 34.1 Å². The Kier molecular flexibility index (Phi) is 8.41. The van der Waals surface area contributed by atoms with Crippen molar-refractivity contribution in [3.63, 3.8) is 0 Å². The Bertz CT molecular complexity index is 918. The highest BCUT2D eigenvalue weighted by molar-refractivity contribution is 7.15. The first-order chi connectivity index (χ1) is 14.3. The third kappa shape index (κ3) is 6.06. The van der Waals surface area contributed by atoms with Gasteiger partial charge in [0.1, 0.15) is 5.00 Å². The zero-order chi connectivity index (χ0) is 22.3. The number of Topliss-reactive ketones (excluding diaryl/α,β-unsaturated/α-hetero) is 1. The predicted molar refractivity (Wildman–Crippen MR) is 116 cm³/mol. The average Bonchev–Trinajstić information content (AvgIpc) is 3.07. The van der Waals surface area contributed by atoms with Gasteiger partial charge in [-0.2, -0.15) is 0 Å².